The Morgan fingerprint density at radius 1 is 1.32 bits per heavy atom. The highest BCUT2D eigenvalue weighted by atomic mass is 35.5. The fraction of sp³-hybridized carbons (Fsp3) is 0.529. The molecule has 0 aliphatic carbocycles. The maximum absolute atomic E-state index is 12.5. The number of nitrogens with zero attached hydrogens (tertiary/aromatic N) is 1. The van der Waals surface area contributed by atoms with Gasteiger partial charge < -0.3 is 20.4 Å². The van der Waals surface area contributed by atoms with E-state index in [1.54, 1.807) is 4.90 Å². The van der Waals surface area contributed by atoms with Crippen molar-refractivity contribution in [2.75, 3.05) is 19.7 Å². The molecule has 0 radical (unpaired) electrons. The van der Waals surface area contributed by atoms with Crippen molar-refractivity contribution in [1.29, 1.82) is 0 Å². The minimum Gasteiger partial charge on any atom is -0.508 e. The summed E-state index contributed by atoms with van der Waals surface area (Å²) in [5.74, 6) is -0.694. The Morgan fingerprint density at radius 2 is 2.08 bits per heavy atom. The summed E-state index contributed by atoms with van der Waals surface area (Å²) in [6, 6.07) is 2.98. The molecule has 8 heteroatoms. The molecule has 2 fully saturated rings. The monoisotopic (exact) mass is 386 g/mol. The van der Waals surface area contributed by atoms with Crippen LogP contribution in [0.2, 0.25) is 10.0 Å². The van der Waals surface area contributed by atoms with Gasteiger partial charge in [-0.25, -0.2) is 0 Å². The molecule has 2 heterocycles. The van der Waals surface area contributed by atoms with Gasteiger partial charge in [-0.05, 0) is 25.0 Å². The number of carbonyl (C=O) groups excluding carboxylic acids is 2. The predicted molar refractivity (Wildman–Crippen MR) is 93.8 cm³/mol. The lowest BCUT2D eigenvalue weighted by Gasteiger charge is -2.33. The predicted octanol–water partition coefficient (Wildman–Crippen LogP) is 1.90. The van der Waals surface area contributed by atoms with Gasteiger partial charge in [-0.3, -0.25) is 9.59 Å². The van der Waals surface area contributed by atoms with Crippen molar-refractivity contribution < 1.29 is 19.8 Å². The lowest BCUT2D eigenvalue weighted by molar-refractivity contribution is -0.141. The van der Waals surface area contributed by atoms with Crippen molar-refractivity contribution in [3.63, 3.8) is 0 Å². The van der Waals surface area contributed by atoms with Crippen molar-refractivity contribution >= 4 is 35.0 Å². The number of halogens is 2. The van der Waals surface area contributed by atoms with Crippen LogP contribution in [-0.4, -0.2) is 52.7 Å². The summed E-state index contributed by atoms with van der Waals surface area (Å²) < 4.78 is 0. The molecular formula is C17H20Cl2N2O4. The van der Waals surface area contributed by atoms with E-state index in [0.717, 1.165) is 0 Å². The first-order valence-corrected chi connectivity index (χ1v) is 9.02. The maximum atomic E-state index is 12.5. The number of piperidine rings is 1. The van der Waals surface area contributed by atoms with Crippen molar-refractivity contribution in [2.24, 2.45) is 5.92 Å². The van der Waals surface area contributed by atoms with Gasteiger partial charge in [0.05, 0.1) is 16.7 Å². The Hall–Kier alpha value is -1.50. The lowest BCUT2D eigenvalue weighted by atomic mass is 9.88. The van der Waals surface area contributed by atoms with E-state index in [0.29, 0.717) is 35.0 Å². The van der Waals surface area contributed by atoms with E-state index in [2.05, 4.69) is 5.32 Å². The quantitative estimate of drug-likeness (QED) is 0.736. The first-order chi connectivity index (χ1) is 11.9. The average molecular weight is 387 g/mol. The summed E-state index contributed by atoms with van der Waals surface area (Å²) in [6.45, 7) is 0.519. The number of phenols is 1. The number of nitrogens with one attached hydrogen (secondary N) is 1. The van der Waals surface area contributed by atoms with Gasteiger partial charge >= 0.3 is 0 Å². The number of hydrogen-bond acceptors (Lipinski definition) is 4. The Balaban J connectivity index is 1.76. The third-order valence-corrected chi connectivity index (χ3v) is 5.83. The van der Waals surface area contributed by atoms with Gasteiger partial charge in [0.1, 0.15) is 5.75 Å². The second kappa shape index (κ2) is 7.40. The molecule has 0 saturated carbocycles. The number of rotatable bonds is 4. The van der Waals surface area contributed by atoms with Crippen LogP contribution in [0.5, 0.6) is 5.75 Å². The van der Waals surface area contributed by atoms with Crippen LogP contribution in [0.4, 0.5) is 0 Å². The zero-order chi connectivity index (χ0) is 18.1. The van der Waals surface area contributed by atoms with Gasteiger partial charge in [-0.2, -0.15) is 0 Å². The number of phenolic OH excluding ortho intramolecular Hbond substituents is 1. The van der Waals surface area contributed by atoms with Crippen molar-refractivity contribution in [3.05, 3.63) is 27.7 Å². The Kier molecular flexibility index (Phi) is 5.41. The molecule has 0 aromatic heterocycles. The number of benzene rings is 1. The second-order valence-electron chi connectivity index (χ2n) is 6.58. The third-order valence-electron chi connectivity index (χ3n) is 5.01. The van der Waals surface area contributed by atoms with Gasteiger partial charge in [0.25, 0.3) is 0 Å². The van der Waals surface area contributed by atoms with Crippen LogP contribution in [0.1, 0.15) is 30.7 Å². The summed E-state index contributed by atoms with van der Waals surface area (Å²) in [7, 11) is 0. The number of aromatic hydroxyl groups is 1. The van der Waals surface area contributed by atoms with E-state index >= 15 is 0 Å². The minimum atomic E-state index is -0.387. The number of carbonyl (C=O) groups is 2. The number of hydrogen-bond donors (Lipinski definition) is 3. The molecule has 136 valence electrons. The molecule has 2 aliphatic rings. The second-order valence-corrected chi connectivity index (χ2v) is 7.36. The molecule has 2 amide bonds. The first kappa shape index (κ1) is 18.3. The minimum absolute atomic E-state index is 0.0643. The van der Waals surface area contributed by atoms with E-state index in [1.165, 1.54) is 12.1 Å². The topological polar surface area (TPSA) is 89.9 Å². The molecular weight excluding hydrogens is 367 g/mol. The molecule has 2 saturated heterocycles. The highest BCUT2D eigenvalue weighted by Crippen LogP contribution is 2.45. The number of amides is 2. The molecule has 6 nitrogen and oxygen atoms in total. The van der Waals surface area contributed by atoms with Crippen molar-refractivity contribution in [3.8, 4) is 5.75 Å². The fourth-order valence-corrected chi connectivity index (χ4v) is 4.34. The Morgan fingerprint density at radius 3 is 2.80 bits per heavy atom. The molecule has 1 aromatic rings. The molecule has 3 atom stereocenters. The van der Waals surface area contributed by atoms with E-state index in [1.807, 2.05) is 0 Å². The van der Waals surface area contributed by atoms with Crippen LogP contribution in [0, 0.1) is 5.92 Å². The van der Waals surface area contributed by atoms with Crippen molar-refractivity contribution in [2.45, 2.75) is 31.2 Å². The Bertz CT molecular complexity index is 697. The van der Waals surface area contributed by atoms with Gasteiger partial charge in [-0.1, -0.05) is 23.2 Å². The van der Waals surface area contributed by atoms with Crippen LogP contribution in [0.25, 0.3) is 0 Å². The van der Waals surface area contributed by atoms with E-state index < -0.39 is 0 Å². The van der Waals surface area contributed by atoms with Gasteiger partial charge in [-0.15, -0.1) is 0 Å². The Labute approximate surface area is 155 Å². The average Bonchev–Trinajstić information content (AvgIpc) is 3.00. The van der Waals surface area contributed by atoms with Crippen LogP contribution in [0.3, 0.4) is 0 Å². The lowest BCUT2D eigenvalue weighted by Crippen LogP contribution is -2.47. The number of fused-ring (bicyclic) bond motifs is 1. The summed E-state index contributed by atoms with van der Waals surface area (Å²) >= 11 is 12.3. The standard InChI is InChI=1S/C17H20Cl2N2O4/c18-12-1-2-13(23)15(16(12)19)10-6-11-5-9(17(25)20-3-4-22)7-14(24)21(11)8-10/h1-2,9-11,22-23H,3-8H2,(H,20,25)/t9-,10+,11-/m1/s1. The first-order valence-electron chi connectivity index (χ1n) is 8.27. The highest BCUT2D eigenvalue weighted by Gasteiger charge is 2.44. The van der Waals surface area contributed by atoms with Crippen LogP contribution in [-0.2, 0) is 9.59 Å². The van der Waals surface area contributed by atoms with E-state index in [9.17, 15) is 14.7 Å². The SMILES string of the molecule is O=C(NCCO)[C@H]1CC(=O)N2C[C@@H](c3c(O)ccc(Cl)c3Cl)C[C@H]2C1. The van der Waals surface area contributed by atoms with Gasteiger partial charge in [0, 0.05) is 43.0 Å². The largest absolute Gasteiger partial charge is 0.508 e. The van der Waals surface area contributed by atoms with E-state index in [-0.39, 0.29) is 55.0 Å². The van der Waals surface area contributed by atoms with Crippen LogP contribution in [0.15, 0.2) is 12.1 Å². The third kappa shape index (κ3) is 3.57. The van der Waals surface area contributed by atoms with E-state index in [4.69, 9.17) is 28.3 Å². The molecule has 2 aliphatic heterocycles. The molecule has 3 N–H and O–H groups in total. The van der Waals surface area contributed by atoms with Crippen LogP contribution < -0.4 is 5.32 Å². The van der Waals surface area contributed by atoms with Crippen molar-refractivity contribution in [1.82, 2.24) is 10.2 Å². The summed E-state index contributed by atoms with van der Waals surface area (Å²) in [6.07, 6.45) is 1.36. The fourth-order valence-electron chi connectivity index (χ4n) is 3.86. The van der Waals surface area contributed by atoms with Gasteiger partial charge in [0.15, 0.2) is 0 Å². The molecule has 0 spiro atoms. The smallest absolute Gasteiger partial charge is 0.223 e. The van der Waals surface area contributed by atoms with Gasteiger partial charge in [0.2, 0.25) is 11.8 Å². The summed E-state index contributed by atoms with van der Waals surface area (Å²) in [5, 5.41) is 22.3. The molecule has 0 unspecified atom stereocenters. The molecule has 1 aromatic carbocycles. The molecule has 25 heavy (non-hydrogen) atoms. The zero-order valence-electron chi connectivity index (χ0n) is 13.5. The van der Waals surface area contributed by atoms with Crippen LogP contribution >= 0.6 is 23.2 Å². The highest BCUT2D eigenvalue weighted by molar-refractivity contribution is 6.42. The number of aliphatic hydroxyl groups excluding tert-OH is 1. The molecule has 3 rings (SSSR count). The number of aliphatic hydroxyl groups is 1. The normalized spacial score (nSPS) is 25.8. The zero-order valence-corrected chi connectivity index (χ0v) is 15.1. The summed E-state index contributed by atoms with van der Waals surface area (Å²) in [5.41, 5.74) is 0.567. The maximum Gasteiger partial charge on any atom is 0.223 e. The molecule has 0 bridgehead atoms. The summed E-state index contributed by atoms with van der Waals surface area (Å²) in [4.78, 5) is 26.4.